The van der Waals surface area contributed by atoms with Crippen LogP contribution in [0.1, 0.15) is 57.7 Å². The highest BCUT2D eigenvalue weighted by atomic mass is 16.4. The van der Waals surface area contributed by atoms with E-state index in [2.05, 4.69) is 0 Å². The summed E-state index contributed by atoms with van der Waals surface area (Å²) in [5.74, 6) is -1.71. The molecule has 0 atom stereocenters. The maximum Gasteiger partial charge on any atom is 0.371 e. The van der Waals surface area contributed by atoms with Crippen molar-refractivity contribution in [3.05, 3.63) is 59.5 Å². The molecular weight excluding hydrogens is 360 g/mol. The van der Waals surface area contributed by atoms with Gasteiger partial charge in [0.15, 0.2) is 5.76 Å². The predicted octanol–water partition coefficient (Wildman–Crippen LogP) is 3.13. The molecule has 1 N–H and O–H groups in total. The summed E-state index contributed by atoms with van der Waals surface area (Å²) < 4.78 is 5.19. The van der Waals surface area contributed by atoms with Crippen LogP contribution in [0.25, 0.3) is 0 Å². The summed E-state index contributed by atoms with van der Waals surface area (Å²) >= 11 is 0. The van der Waals surface area contributed by atoms with Gasteiger partial charge in [0.25, 0.3) is 11.8 Å². The van der Waals surface area contributed by atoms with Gasteiger partial charge in [0.05, 0.1) is 0 Å². The maximum absolute atomic E-state index is 12.9. The summed E-state index contributed by atoms with van der Waals surface area (Å²) in [6, 6.07) is 11.9. The van der Waals surface area contributed by atoms with Gasteiger partial charge in [-0.2, -0.15) is 0 Å². The molecule has 28 heavy (non-hydrogen) atoms. The average Bonchev–Trinajstić information content (AvgIpc) is 3.22. The Bertz CT molecular complexity index is 837. The van der Waals surface area contributed by atoms with Crippen LogP contribution in [0, 0.1) is 0 Å². The number of carbonyl (C=O) groups is 3. The van der Waals surface area contributed by atoms with E-state index in [1.165, 1.54) is 12.1 Å². The highest BCUT2D eigenvalue weighted by Gasteiger charge is 2.31. The maximum atomic E-state index is 12.9. The van der Waals surface area contributed by atoms with Gasteiger partial charge in [-0.15, -0.1) is 0 Å². The Kier molecular flexibility index (Phi) is 6.13. The molecule has 148 valence electrons. The zero-order valence-corrected chi connectivity index (χ0v) is 15.8. The van der Waals surface area contributed by atoms with Crippen molar-refractivity contribution in [2.75, 3.05) is 19.6 Å². The van der Waals surface area contributed by atoms with Crippen molar-refractivity contribution in [3.8, 4) is 0 Å². The molecule has 7 nitrogen and oxygen atoms in total. The van der Waals surface area contributed by atoms with E-state index in [1.807, 2.05) is 30.0 Å². The second-order valence-electron chi connectivity index (χ2n) is 6.86. The first-order chi connectivity index (χ1) is 13.5. The fourth-order valence-electron chi connectivity index (χ4n) is 3.54. The number of aromatic carboxylic acids is 1. The van der Waals surface area contributed by atoms with Gasteiger partial charge in [-0.1, -0.05) is 25.1 Å². The first-order valence-electron chi connectivity index (χ1n) is 9.49. The van der Waals surface area contributed by atoms with Crippen LogP contribution in [0.4, 0.5) is 0 Å². The molecule has 1 aliphatic heterocycles. The zero-order chi connectivity index (χ0) is 20.1. The molecule has 0 spiro atoms. The molecule has 0 radical (unpaired) electrons. The summed E-state index contributed by atoms with van der Waals surface area (Å²) in [5.41, 5.74) is 0.666. The molecule has 1 aromatic carbocycles. The number of hydrogen-bond acceptors (Lipinski definition) is 4. The molecule has 0 aliphatic carbocycles. The second kappa shape index (κ2) is 8.73. The SMILES string of the molecule is CCCN(C(=O)c1ccc(C(=O)O)o1)C1CCN(C(=O)c2ccccc2)CC1. The first-order valence-corrected chi connectivity index (χ1v) is 9.49. The lowest BCUT2D eigenvalue weighted by Gasteiger charge is -2.38. The van der Waals surface area contributed by atoms with E-state index in [9.17, 15) is 14.4 Å². The van der Waals surface area contributed by atoms with E-state index in [0.29, 0.717) is 38.0 Å². The molecule has 1 aromatic heterocycles. The van der Waals surface area contributed by atoms with E-state index in [0.717, 1.165) is 6.42 Å². The fraction of sp³-hybridized carbons (Fsp3) is 0.381. The number of carboxylic acids is 1. The summed E-state index contributed by atoms with van der Waals surface area (Å²) in [5, 5.41) is 8.99. The Morgan fingerprint density at radius 3 is 2.29 bits per heavy atom. The van der Waals surface area contributed by atoms with E-state index >= 15 is 0 Å². The van der Waals surface area contributed by atoms with Gasteiger partial charge in [0.1, 0.15) is 0 Å². The minimum Gasteiger partial charge on any atom is -0.475 e. The number of benzene rings is 1. The molecule has 3 rings (SSSR count). The summed E-state index contributed by atoms with van der Waals surface area (Å²) in [6.07, 6.45) is 2.13. The van der Waals surface area contributed by atoms with Gasteiger partial charge in [0.2, 0.25) is 5.76 Å². The average molecular weight is 384 g/mol. The Morgan fingerprint density at radius 2 is 1.71 bits per heavy atom. The van der Waals surface area contributed by atoms with Crippen molar-refractivity contribution in [1.29, 1.82) is 0 Å². The summed E-state index contributed by atoms with van der Waals surface area (Å²) in [4.78, 5) is 40.0. The monoisotopic (exact) mass is 384 g/mol. The number of likely N-dealkylation sites (tertiary alicyclic amines) is 1. The first kappa shape index (κ1) is 19.7. The largest absolute Gasteiger partial charge is 0.475 e. The highest BCUT2D eigenvalue weighted by molar-refractivity contribution is 5.95. The Morgan fingerprint density at radius 1 is 1.07 bits per heavy atom. The molecule has 2 amide bonds. The summed E-state index contributed by atoms with van der Waals surface area (Å²) in [7, 11) is 0. The van der Waals surface area contributed by atoms with E-state index in [4.69, 9.17) is 9.52 Å². The van der Waals surface area contributed by atoms with Crippen LogP contribution < -0.4 is 0 Å². The van der Waals surface area contributed by atoms with Crippen LogP contribution in [0.15, 0.2) is 46.9 Å². The summed E-state index contributed by atoms with van der Waals surface area (Å²) in [6.45, 7) is 3.69. The van der Waals surface area contributed by atoms with Gasteiger partial charge >= 0.3 is 5.97 Å². The van der Waals surface area contributed by atoms with Crippen LogP contribution in [0.3, 0.4) is 0 Å². The van der Waals surface area contributed by atoms with Crippen LogP contribution in [0.5, 0.6) is 0 Å². The van der Waals surface area contributed by atoms with Crippen molar-refractivity contribution in [2.45, 2.75) is 32.2 Å². The topological polar surface area (TPSA) is 91.1 Å². The molecule has 1 saturated heterocycles. The molecule has 7 heteroatoms. The van der Waals surface area contributed by atoms with Gasteiger partial charge in [-0.3, -0.25) is 9.59 Å². The number of amides is 2. The van der Waals surface area contributed by atoms with Crippen molar-refractivity contribution in [3.63, 3.8) is 0 Å². The quantitative estimate of drug-likeness (QED) is 0.826. The number of carbonyl (C=O) groups excluding carboxylic acids is 2. The third kappa shape index (κ3) is 4.24. The molecular formula is C21H24N2O5. The minimum absolute atomic E-state index is 0.00422. The van der Waals surface area contributed by atoms with Gasteiger partial charge in [-0.05, 0) is 43.5 Å². The molecule has 1 aliphatic rings. The third-order valence-corrected chi connectivity index (χ3v) is 4.97. The smallest absolute Gasteiger partial charge is 0.371 e. The molecule has 0 saturated carbocycles. The Balaban J connectivity index is 1.66. The number of furan rings is 1. The standard InChI is InChI=1S/C21H24N2O5/c1-2-12-23(20(25)17-8-9-18(28-17)21(26)27)16-10-13-22(14-11-16)19(24)15-6-4-3-5-7-15/h3-9,16H,2,10-14H2,1H3,(H,26,27). The van der Waals surface area contributed by atoms with Crippen molar-refractivity contribution in [1.82, 2.24) is 9.80 Å². The van der Waals surface area contributed by atoms with Crippen molar-refractivity contribution >= 4 is 17.8 Å². The lowest BCUT2D eigenvalue weighted by Crippen LogP contribution is -2.49. The fourth-order valence-corrected chi connectivity index (χ4v) is 3.54. The molecule has 0 unspecified atom stereocenters. The highest BCUT2D eigenvalue weighted by Crippen LogP contribution is 2.22. The second-order valence-corrected chi connectivity index (χ2v) is 6.86. The van der Waals surface area contributed by atoms with Gasteiger partial charge < -0.3 is 19.3 Å². The van der Waals surface area contributed by atoms with E-state index in [1.54, 1.807) is 17.0 Å². The normalized spacial score (nSPS) is 14.7. The predicted molar refractivity (Wildman–Crippen MR) is 102 cm³/mol. The molecule has 0 bridgehead atoms. The molecule has 1 fully saturated rings. The molecule has 2 aromatic rings. The number of nitrogens with zero attached hydrogens (tertiary/aromatic N) is 2. The van der Waals surface area contributed by atoms with Gasteiger partial charge in [0, 0.05) is 31.2 Å². The molecule has 2 heterocycles. The van der Waals surface area contributed by atoms with E-state index in [-0.39, 0.29) is 29.4 Å². The van der Waals surface area contributed by atoms with Crippen LogP contribution in [-0.2, 0) is 0 Å². The lowest BCUT2D eigenvalue weighted by molar-refractivity contribution is 0.0495. The lowest BCUT2D eigenvalue weighted by atomic mass is 10.0. The Hall–Kier alpha value is -3.09. The van der Waals surface area contributed by atoms with Crippen molar-refractivity contribution < 1.29 is 23.9 Å². The van der Waals surface area contributed by atoms with Gasteiger partial charge in [-0.25, -0.2) is 4.79 Å². The van der Waals surface area contributed by atoms with Crippen LogP contribution >= 0.6 is 0 Å². The van der Waals surface area contributed by atoms with Crippen LogP contribution in [-0.4, -0.2) is 58.4 Å². The third-order valence-electron chi connectivity index (χ3n) is 4.97. The van der Waals surface area contributed by atoms with Crippen LogP contribution in [0.2, 0.25) is 0 Å². The number of rotatable bonds is 6. The van der Waals surface area contributed by atoms with Crippen molar-refractivity contribution in [2.24, 2.45) is 0 Å². The number of hydrogen-bond donors (Lipinski definition) is 1. The van der Waals surface area contributed by atoms with E-state index < -0.39 is 5.97 Å². The minimum atomic E-state index is -1.20. The number of carboxylic acid groups (broad SMARTS) is 1. The Labute approximate surface area is 163 Å². The zero-order valence-electron chi connectivity index (χ0n) is 15.8. The number of piperidine rings is 1.